The van der Waals surface area contributed by atoms with E-state index in [1.165, 1.54) is 18.6 Å². The molecule has 2 aromatic heterocycles. The van der Waals surface area contributed by atoms with Gasteiger partial charge < -0.3 is 15.0 Å². The van der Waals surface area contributed by atoms with Gasteiger partial charge in [-0.1, -0.05) is 12.1 Å². The van der Waals surface area contributed by atoms with Crippen LogP contribution in [-0.4, -0.2) is 30.5 Å². The number of para-hydroxylation sites is 2. The van der Waals surface area contributed by atoms with E-state index in [1.807, 2.05) is 28.8 Å². The van der Waals surface area contributed by atoms with Crippen LogP contribution in [0.15, 0.2) is 48.6 Å². The van der Waals surface area contributed by atoms with E-state index in [2.05, 4.69) is 20.3 Å². The number of aromatic nitrogens is 4. The molecule has 1 amide bonds. The van der Waals surface area contributed by atoms with Gasteiger partial charge >= 0.3 is 0 Å². The van der Waals surface area contributed by atoms with Crippen molar-refractivity contribution in [3.8, 4) is 0 Å². The van der Waals surface area contributed by atoms with Crippen LogP contribution in [0.3, 0.4) is 0 Å². The molecule has 114 valence electrons. The van der Waals surface area contributed by atoms with Crippen molar-refractivity contribution in [3.05, 3.63) is 54.4 Å². The summed E-state index contributed by atoms with van der Waals surface area (Å²) in [6, 6.07) is 7.65. The molecule has 1 aromatic carbocycles. The topological polar surface area (TPSA) is 92.9 Å². The van der Waals surface area contributed by atoms with Crippen LogP contribution in [0.25, 0.3) is 16.6 Å². The van der Waals surface area contributed by atoms with Crippen molar-refractivity contribution in [1.82, 2.24) is 19.5 Å². The molecule has 7 heteroatoms. The molecule has 7 nitrogen and oxygen atoms in total. The lowest BCUT2D eigenvalue weighted by Gasteiger charge is -2.18. The average Bonchev–Trinajstić information content (AvgIpc) is 2.93. The summed E-state index contributed by atoms with van der Waals surface area (Å²) < 4.78 is 1.95. The lowest BCUT2D eigenvalue weighted by atomic mass is 10.1. The number of nitrogens with zero attached hydrogens (tertiary/aromatic N) is 4. The van der Waals surface area contributed by atoms with Crippen LogP contribution in [0.4, 0.5) is 5.82 Å². The highest BCUT2D eigenvalue weighted by Gasteiger charge is 2.28. The molecule has 0 bridgehead atoms. The maximum Gasteiger partial charge on any atom is 0.264 e. The van der Waals surface area contributed by atoms with Crippen molar-refractivity contribution in [2.24, 2.45) is 0 Å². The van der Waals surface area contributed by atoms with Crippen LogP contribution in [0.2, 0.25) is 0 Å². The number of hydrogen-bond donors (Lipinski definition) is 2. The molecule has 1 aliphatic heterocycles. The standard InChI is InChI=1S/C16H13N5O2/c22-12-5-8-21-11-4-2-1-3-10(11)19-15(21)14(12)16(23)20-13-9-17-6-7-18-13/h1-4,6-7,9,22H,5,8H2,(H,18,20,23). The maximum absolute atomic E-state index is 12.6. The van der Waals surface area contributed by atoms with E-state index in [1.54, 1.807) is 0 Å². The first-order chi connectivity index (χ1) is 11.2. The van der Waals surface area contributed by atoms with Crippen LogP contribution < -0.4 is 5.32 Å². The molecule has 0 saturated heterocycles. The highest BCUT2D eigenvalue weighted by Crippen LogP contribution is 2.30. The molecule has 3 heterocycles. The number of anilines is 1. The van der Waals surface area contributed by atoms with Gasteiger partial charge in [0.2, 0.25) is 0 Å². The summed E-state index contributed by atoms with van der Waals surface area (Å²) in [6.45, 7) is 0.587. The number of amides is 1. The maximum atomic E-state index is 12.6. The van der Waals surface area contributed by atoms with E-state index < -0.39 is 5.91 Å². The number of benzene rings is 1. The van der Waals surface area contributed by atoms with E-state index >= 15 is 0 Å². The number of fused-ring (bicyclic) bond motifs is 3. The summed E-state index contributed by atoms with van der Waals surface area (Å²) in [6.07, 6.45) is 4.84. The highest BCUT2D eigenvalue weighted by molar-refractivity contribution is 6.25. The van der Waals surface area contributed by atoms with Crippen LogP contribution in [0.1, 0.15) is 12.2 Å². The molecule has 0 spiro atoms. The second-order valence-corrected chi connectivity index (χ2v) is 5.19. The van der Waals surface area contributed by atoms with Gasteiger partial charge in [-0.2, -0.15) is 0 Å². The van der Waals surface area contributed by atoms with Crippen molar-refractivity contribution in [2.75, 3.05) is 5.32 Å². The molecule has 2 N–H and O–H groups in total. The second-order valence-electron chi connectivity index (χ2n) is 5.19. The Morgan fingerprint density at radius 3 is 2.96 bits per heavy atom. The molecular formula is C16H13N5O2. The van der Waals surface area contributed by atoms with E-state index in [9.17, 15) is 9.90 Å². The molecule has 0 unspecified atom stereocenters. The lowest BCUT2D eigenvalue weighted by Crippen LogP contribution is -2.22. The molecule has 1 aliphatic rings. The summed E-state index contributed by atoms with van der Waals surface area (Å²) in [5.41, 5.74) is 1.92. The number of imidazole rings is 1. The largest absolute Gasteiger partial charge is 0.511 e. The Kier molecular flexibility index (Phi) is 3.04. The zero-order chi connectivity index (χ0) is 15.8. The van der Waals surface area contributed by atoms with Gasteiger partial charge in [0.1, 0.15) is 17.2 Å². The number of nitrogens with one attached hydrogen (secondary N) is 1. The fourth-order valence-corrected chi connectivity index (χ4v) is 2.74. The Morgan fingerprint density at radius 1 is 1.26 bits per heavy atom. The first-order valence-electron chi connectivity index (χ1n) is 7.19. The second kappa shape index (κ2) is 5.20. The minimum Gasteiger partial charge on any atom is -0.511 e. The van der Waals surface area contributed by atoms with E-state index in [0.29, 0.717) is 24.6 Å². The predicted octanol–water partition coefficient (Wildman–Crippen LogP) is 2.14. The van der Waals surface area contributed by atoms with Crippen molar-refractivity contribution in [2.45, 2.75) is 13.0 Å². The number of carbonyl (C=O) groups is 1. The smallest absolute Gasteiger partial charge is 0.264 e. The van der Waals surface area contributed by atoms with Gasteiger partial charge in [0, 0.05) is 25.4 Å². The van der Waals surface area contributed by atoms with Crippen molar-refractivity contribution >= 4 is 28.3 Å². The summed E-state index contributed by atoms with van der Waals surface area (Å²) in [5, 5.41) is 12.9. The predicted molar refractivity (Wildman–Crippen MR) is 84.6 cm³/mol. The molecular weight excluding hydrogens is 294 g/mol. The Balaban J connectivity index is 1.78. The van der Waals surface area contributed by atoms with Gasteiger partial charge in [-0.25, -0.2) is 9.97 Å². The summed E-state index contributed by atoms with van der Waals surface area (Å²) in [4.78, 5) is 25.0. The Hall–Kier alpha value is -3.22. The quantitative estimate of drug-likeness (QED) is 0.756. The first-order valence-corrected chi connectivity index (χ1v) is 7.19. The van der Waals surface area contributed by atoms with Gasteiger partial charge in [0.15, 0.2) is 5.82 Å². The highest BCUT2D eigenvalue weighted by atomic mass is 16.3. The Labute approximate surface area is 131 Å². The van der Waals surface area contributed by atoms with E-state index in [-0.39, 0.29) is 11.3 Å². The summed E-state index contributed by atoms with van der Waals surface area (Å²) in [7, 11) is 0. The van der Waals surface area contributed by atoms with Gasteiger partial charge in [-0.05, 0) is 12.1 Å². The third-order valence-corrected chi connectivity index (χ3v) is 3.77. The van der Waals surface area contributed by atoms with Crippen LogP contribution >= 0.6 is 0 Å². The molecule has 0 fully saturated rings. The Morgan fingerprint density at radius 2 is 2.13 bits per heavy atom. The lowest BCUT2D eigenvalue weighted by molar-refractivity contribution is -0.111. The number of hydrogen-bond acceptors (Lipinski definition) is 5. The molecule has 0 aliphatic carbocycles. The van der Waals surface area contributed by atoms with Crippen LogP contribution in [0, 0.1) is 0 Å². The zero-order valence-corrected chi connectivity index (χ0v) is 12.1. The normalized spacial score (nSPS) is 13.9. The van der Waals surface area contributed by atoms with Gasteiger partial charge in [0.05, 0.1) is 17.2 Å². The number of aryl methyl sites for hydroxylation is 1. The first kappa shape index (κ1) is 13.4. The van der Waals surface area contributed by atoms with Crippen molar-refractivity contribution in [3.63, 3.8) is 0 Å². The minimum absolute atomic E-state index is 0.0363. The number of aliphatic hydroxyl groups excluding tert-OH is 1. The number of aliphatic hydroxyl groups is 1. The molecule has 0 saturated carbocycles. The molecule has 0 atom stereocenters. The summed E-state index contributed by atoms with van der Waals surface area (Å²) >= 11 is 0. The fourth-order valence-electron chi connectivity index (χ4n) is 2.74. The molecule has 23 heavy (non-hydrogen) atoms. The van der Waals surface area contributed by atoms with E-state index in [4.69, 9.17) is 0 Å². The third kappa shape index (κ3) is 2.22. The molecule has 3 aromatic rings. The van der Waals surface area contributed by atoms with Gasteiger partial charge in [-0.3, -0.25) is 9.78 Å². The number of allylic oxidation sites excluding steroid dienone is 1. The SMILES string of the molecule is O=C(Nc1cnccn1)C1=C(O)CCn2c1nc1ccccc12. The third-order valence-electron chi connectivity index (χ3n) is 3.77. The Bertz CT molecular complexity index is 930. The van der Waals surface area contributed by atoms with Gasteiger partial charge in [-0.15, -0.1) is 0 Å². The summed E-state index contributed by atoms with van der Waals surface area (Å²) in [5.74, 6) is 0.385. The monoisotopic (exact) mass is 307 g/mol. The fraction of sp³-hybridized carbons (Fsp3) is 0.125. The number of rotatable bonds is 2. The van der Waals surface area contributed by atoms with Gasteiger partial charge in [0.25, 0.3) is 5.91 Å². The molecule has 0 radical (unpaired) electrons. The van der Waals surface area contributed by atoms with Crippen LogP contribution in [0.5, 0.6) is 0 Å². The van der Waals surface area contributed by atoms with E-state index in [0.717, 1.165) is 11.0 Å². The average molecular weight is 307 g/mol. The van der Waals surface area contributed by atoms with Crippen LogP contribution in [-0.2, 0) is 11.3 Å². The van der Waals surface area contributed by atoms with Crippen molar-refractivity contribution in [1.29, 1.82) is 0 Å². The number of carbonyl (C=O) groups excluding carboxylic acids is 1. The molecule has 4 rings (SSSR count). The zero-order valence-electron chi connectivity index (χ0n) is 12.1. The minimum atomic E-state index is -0.445. The van der Waals surface area contributed by atoms with Crippen molar-refractivity contribution < 1.29 is 9.90 Å².